The van der Waals surface area contributed by atoms with Crippen LogP contribution in [0.2, 0.25) is 0 Å². The van der Waals surface area contributed by atoms with Crippen LogP contribution in [-0.2, 0) is 25.9 Å². The van der Waals surface area contributed by atoms with E-state index >= 15 is 0 Å². The number of nitrogens with one attached hydrogen (secondary N) is 1. The molecule has 2 atom stereocenters. The van der Waals surface area contributed by atoms with Gasteiger partial charge < -0.3 is 4.90 Å². The van der Waals surface area contributed by atoms with Gasteiger partial charge in [-0.3, -0.25) is 0 Å². The molecule has 0 aliphatic carbocycles. The Labute approximate surface area is 183 Å². The van der Waals surface area contributed by atoms with Gasteiger partial charge in [-0.2, -0.15) is 0 Å². The Morgan fingerprint density at radius 2 is 1.65 bits per heavy atom. The molecule has 5 rings (SSSR count). The molecular weight excluding hydrogens is 382 g/mol. The molecular formula is C26H28N5+. The first kappa shape index (κ1) is 19.6. The zero-order valence-corrected chi connectivity index (χ0v) is 17.9. The molecule has 1 aliphatic heterocycles. The fraction of sp³-hybridized carbons (Fsp3) is 0.269. The zero-order valence-electron chi connectivity index (χ0n) is 17.9. The van der Waals surface area contributed by atoms with E-state index in [1.165, 1.54) is 32.7 Å². The Morgan fingerprint density at radius 1 is 0.903 bits per heavy atom. The number of hydrogen-bond donors (Lipinski definition) is 1. The minimum atomic E-state index is 0.111. The Balaban J connectivity index is 1.47. The van der Waals surface area contributed by atoms with Crippen LogP contribution in [0, 0.1) is 6.92 Å². The van der Waals surface area contributed by atoms with Crippen LogP contribution in [0.25, 0.3) is 0 Å². The average molecular weight is 411 g/mol. The first-order valence-electron chi connectivity index (χ1n) is 11.1. The topological polar surface area (TPSA) is 48.0 Å². The maximum Gasteiger partial charge on any atom is 0.214 e. The number of hydrogen-bond acceptors (Lipinski definition) is 3. The van der Waals surface area contributed by atoms with Gasteiger partial charge in [0.15, 0.2) is 6.04 Å². The maximum absolute atomic E-state index is 4.54. The molecule has 0 fully saturated rings. The highest BCUT2D eigenvalue weighted by Gasteiger charge is 2.33. The molecule has 2 heterocycles. The second-order valence-electron chi connectivity index (χ2n) is 8.44. The molecule has 0 bridgehead atoms. The Morgan fingerprint density at radius 3 is 2.45 bits per heavy atom. The van der Waals surface area contributed by atoms with Gasteiger partial charge in [-0.1, -0.05) is 84.4 Å². The van der Waals surface area contributed by atoms with E-state index in [-0.39, 0.29) is 6.04 Å². The third kappa shape index (κ3) is 4.28. The average Bonchev–Trinajstić information content (AvgIpc) is 3.28. The smallest absolute Gasteiger partial charge is 0.214 e. The van der Waals surface area contributed by atoms with E-state index in [9.17, 15) is 0 Å². The number of quaternary nitrogens is 1. The highest BCUT2D eigenvalue weighted by Crippen LogP contribution is 2.21. The lowest BCUT2D eigenvalue weighted by molar-refractivity contribution is -0.941. The molecule has 0 radical (unpaired) electrons. The molecule has 0 spiro atoms. The number of aryl methyl sites for hydroxylation is 3. The van der Waals surface area contributed by atoms with E-state index in [0.717, 1.165) is 38.3 Å². The van der Waals surface area contributed by atoms with Crippen molar-refractivity contribution in [1.82, 2.24) is 20.2 Å². The molecule has 5 heteroatoms. The van der Waals surface area contributed by atoms with Crippen LogP contribution in [0.4, 0.5) is 0 Å². The van der Waals surface area contributed by atoms with Crippen molar-refractivity contribution < 1.29 is 4.90 Å². The predicted octanol–water partition coefficient (Wildman–Crippen LogP) is 2.95. The molecule has 0 saturated heterocycles. The summed E-state index contributed by atoms with van der Waals surface area (Å²) < 4.78 is 2.00. The number of rotatable bonds is 6. The second-order valence-corrected chi connectivity index (χ2v) is 8.44. The predicted molar refractivity (Wildman–Crippen MR) is 121 cm³/mol. The quantitative estimate of drug-likeness (QED) is 0.532. The number of fused-ring (bicyclic) bond motifs is 1. The summed E-state index contributed by atoms with van der Waals surface area (Å²) in [6.45, 7) is 4.96. The van der Waals surface area contributed by atoms with Crippen LogP contribution in [0.3, 0.4) is 0 Å². The van der Waals surface area contributed by atoms with Gasteiger partial charge in [0.2, 0.25) is 5.82 Å². The van der Waals surface area contributed by atoms with Gasteiger partial charge >= 0.3 is 0 Å². The number of aromatic nitrogens is 4. The molecule has 5 nitrogen and oxygen atoms in total. The Bertz CT molecular complexity index is 1130. The summed E-state index contributed by atoms with van der Waals surface area (Å²) >= 11 is 0. The van der Waals surface area contributed by atoms with Crippen molar-refractivity contribution in [3.8, 4) is 0 Å². The summed E-state index contributed by atoms with van der Waals surface area (Å²) in [6.07, 6.45) is 2.00. The first-order chi connectivity index (χ1) is 15.3. The molecule has 3 aromatic carbocycles. The summed E-state index contributed by atoms with van der Waals surface area (Å²) in [5, 5.41) is 13.0. The third-order valence-corrected chi connectivity index (χ3v) is 6.34. The standard InChI is InChI=1S/C26H27N5/c1-20-11-13-23(14-12-20)25(30-17-16-22-9-5-6-10-24(22)19-30)26-27-28-29-31(26)18-15-21-7-3-2-4-8-21/h2-14,25H,15-19H2,1H3/p+1/t25-/m1/s1. The summed E-state index contributed by atoms with van der Waals surface area (Å²) in [5.74, 6) is 0.953. The van der Waals surface area contributed by atoms with E-state index in [1.54, 1.807) is 0 Å². The molecule has 0 saturated carbocycles. The first-order valence-corrected chi connectivity index (χ1v) is 11.1. The van der Waals surface area contributed by atoms with Crippen molar-refractivity contribution >= 4 is 0 Å². The number of tetrazole rings is 1. The molecule has 1 unspecified atom stereocenters. The van der Waals surface area contributed by atoms with Crippen LogP contribution in [-0.4, -0.2) is 26.8 Å². The normalized spacial score (nSPS) is 16.6. The van der Waals surface area contributed by atoms with Crippen molar-refractivity contribution in [3.63, 3.8) is 0 Å². The largest absolute Gasteiger partial charge is 0.318 e. The van der Waals surface area contributed by atoms with E-state index in [0.29, 0.717) is 0 Å². The van der Waals surface area contributed by atoms with Gasteiger partial charge in [0.25, 0.3) is 0 Å². The van der Waals surface area contributed by atoms with Crippen LogP contribution < -0.4 is 4.90 Å². The van der Waals surface area contributed by atoms with Gasteiger partial charge in [-0.15, -0.1) is 5.10 Å². The number of benzene rings is 3. The van der Waals surface area contributed by atoms with Crippen LogP contribution in [0.1, 0.15) is 39.7 Å². The van der Waals surface area contributed by atoms with E-state index in [2.05, 4.69) is 101 Å². The van der Waals surface area contributed by atoms with Crippen LogP contribution in [0.15, 0.2) is 78.9 Å². The van der Waals surface area contributed by atoms with Crippen molar-refractivity contribution in [2.45, 2.75) is 38.9 Å². The SMILES string of the molecule is Cc1ccc([C@H](c2nnnn2CCc2ccccc2)[NH+]2CCc3ccccc3C2)cc1. The van der Waals surface area contributed by atoms with Gasteiger partial charge in [0.1, 0.15) is 6.54 Å². The molecule has 31 heavy (non-hydrogen) atoms. The van der Waals surface area contributed by atoms with Gasteiger partial charge in [-0.25, -0.2) is 4.68 Å². The number of nitrogens with zero attached hydrogens (tertiary/aromatic N) is 4. The highest BCUT2D eigenvalue weighted by atomic mass is 15.5. The second kappa shape index (κ2) is 8.82. The van der Waals surface area contributed by atoms with E-state index in [4.69, 9.17) is 0 Å². The highest BCUT2D eigenvalue weighted by molar-refractivity contribution is 5.29. The summed E-state index contributed by atoms with van der Waals surface area (Å²) in [7, 11) is 0. The van der Waals surface area contributed by atoms with Crippen LogP contribution >= 0.6 is 0 Å². The summed E-state index contributed by atoms with van der Waals surface area (Å²) in [4.78, 5) is 1.50. The zero-order chi connectivity index (χ0) is 21.0. The minimum Gasteiger partial charge on any atom is -0.318 e. The lowest BCUT2D eigenvalue weighted by Gasteiger charge is -2.32. The van der Waals surface area contributed by atoms with Crippen molar-refractivity contribution in [2.24, 2.45) is 0 Å². The van der Waals surface area contributed by atoms with E-state index in [1.807, 2.05) is 4.68 Å². The van der Waals surface area contributed by atoms with Crippen molar-refractivity contribution in [3.05, 3.63) is 113 Å². The monoisotopic (exact) mass is 410 g/mol. The molecule has 1 aliphatic rings. The molecule has 4 aromatic rings. The molecule has 1 N–H and O–H groups in total. The Hall–Kier alpha value is -3.31. The Kier molecular flexibility index (Phi) is 5.59. The van der Waals surface area contributed by atoms with Crippen LogP contribution in [0.5, 0.6) is 0 Å². The lowest BCUT2D eigenvalue weighted by atomic mass is 9.95. The minimum absolute atomic E-state index is 0.111. The van der Waals surface area contributed by atoms with Gasteiger partial charge in [0.05, 0.1) is 6.54 Å². The molecule has 156 valence electrons. The van der Waals surface area contributed by atoms with Gasteiger partial charge in [-0.05, 0) is 34.9 Å². The van der Waals surface area contributed by atoms with E-state index < -0.39 is 0 Å². The van der Waals surface area contributed by atoms with Gasteiger partial charge in [0, 0.05) is 24.1 Å². The fourth-order valence-electron chi connectivity index (χ4n) is 4.63. The van der Waals surface area contributed by atoms with Crippen molar-refractivity contribution in [1.29, 1.82) is 0 Å². The molecule has 0 amide bonds. The summed E-state index contributed by atoms with van der Waals surface area (Å²) in [5.41, 5.74) is 6.75. The summed E-state index contributed by atoms with van der Waals surface area (Å²) in [6, 6.07) is 28.3. The maximum atomic E-state index is 4.54. The lowest BCUT2D eigenvalue weighted by Crippen LogP contribution is -3.12. The molecule has 1 aromatic heterocycles. The third-order valence-electron chi connectivity index (χ3n) is 6.34. The fourth-order valence-corrected chi connectivity index (χ4v) is 4.63. The van der Waals surface area contributed by atoms with Crippen molar-refractivity contribution in [2.75, 3.05) is 6.54 Å².